The van der Waals surface area contributed by atoms with Gasteiger partial charge in [-0.3, -0.25) is 14.4 Å². The smallest absolute Gasteiger partial charge is 0.307 e. The van der Waals surface area contributed by atoms with Gasteiger partial charge in [0.15, 0.2) is 6.61 Å². The van der Waals surface area contributed by atoms with Crippen molar-refractivity contribution in [1.82, 2.24) is 4.90 Å². The standard InChI is InChI=1S/C16H20N2O5/c1-18(2)14(19)9-23-11-5-3-10(4-6-11)17-15(20)12-7-8-13(12)16(21)22/h3-6,12-13H,7-9H2,1-2H3,(H,17,20)(H,21,22). The predicted octanol–water partition coefficient (Wildman–Crippen LogP) is 1.20. The Balaban J connectivity index is 1.86. The third kappa shape index (κ3) is 4.21. The van der Waals surface area contributed by atoms with Crippen LogP contribution in [0.3, 0.4) is 0 Å². The van der Waals surface area contributed by atoms with Crippen LogP contribution in [-0.4, -0.2) is 48.5 Å². The van der Waals surface area contributed by atoms with E-state index < -0.39 is 17.8 Å². The molecule has 7 heteroatoms. The molecule has 0 heterocycles. The zero-order valence-electron chi connectivity index (χ0n) is 13.1. The SMILES string of the molecule is CN(C)C(=O)COc1ccc(NC(=O)C2CCC2C(=O)O)cc1. The van der Waals surface area contributed by atoms with E-state index in [-0.39, 0.29) is 18.4 Å². The van der Waals surface area contributed by atoms with Crippen molar-refractivity contribution in [3.8, 4) is 5.75 Å². The van der Waals surface area contributed by atoms with Crippen molar-refractivity contribution in [3.05, 3.63) is 24.3 Å². The van der Waals surface area contributed by atoms with E-state index in [1.165, 1.54) is 4.90 Å². The normalized spacial score (nSPS) is 19.4. The molecular weight excluding hydrogens is 300 g/mol. The quantitative estimate of drug-likeness (QED) is 0.821. The van der Waals surface area contributed by atoms with Crippen LogP contribution in [0.1, 0.15) is 12.8 Å². The van der Waals surface area contributed by atoms with Crippen LogP contribution in [0, 0.1) is 11.8 Å². The summed E-state index contributed by atoms with van der Waals surface area (Å²) in [5.74, 6) is -1.89. The summed E-state index contributed by atoms with van der Waals surface area (Å²) in [6, 6.07) is 6.60. The van der Waals surface area contributed by atoms with Crippen LogP contribution in [0.4, 0.5) is 5.69 Å². The van der Waals surface area contributed by atoms with Gasteiger partial charge < -0.3 is 20.1 Å². The van der Waals surface area contributed by atoms with Gasteiger partial charge in [-0.15, -0.1) is 0 Å². The first-order chi connectivity index (χ1) is 10.9. The second-order valence-electron chi connectivity index (χ2n) is 5.72. The Hall–Kier alpha value is -2.57. The number of likely N-dealkylation sites (N-methyl/N-ethyl adjacent to an activating group) is 1. The number of anilines is 1. The van der Waals surface area contributed by atoms with E-state index in [2.05, 4.69) is 5.32 Å². The molecule has 124 valence electrons. The van der Waals surface area contributed by atoms with Gasteiger partial charge in [0.2, 0.25) is 5.91 Å². The van der Waals surface area contributed by atoms with Crippen molar-refractivity contribution >= 4 is 23.5 Å². The third-order valence-corrected chi connectivity index (χ3v) is 3.91. The van der Waals surface area contributed by atoms with E-state index in [9.17, 15) is 14.4 Å². The molecule has 1 aromatic carbocycles. The summed E-state index contributed by atoms with van der Waals surface area (Å²) in [6.45, 7) is -0.0545. The fourth-order valence-corrected chi connectivity index (χ4v) is 2.25. The Kier molecular flexibility index (Phi) is 5.20. The van der Waals surface area contributed by atoms with E-state index in [4.69, 9.17) is 9.84 Å². The van der Waals surface area contributed by atoms with Crippen LogP contribution in [0.15, 0.2) is 24.3 Å². The maximum atomic E-state index is 12.0. The van der Waals surface area contributed by atoms with Crippen molar-refractivity contribution in [2.75, 3.05) is 26.0 Å². The van der Waals surface area contributed by atoms with Gasteiger partial charge in [0.05, 0.1) is 11.8 Å². The Bertz CT molecular complexity index is 597. The zero-order chi connectivity index (χ0) is 17.0. The van der Waals surface area contributed by atoms with Crippen molar-refractivity contribution < 1.29 is 24.2 Å². The number of ether oxygens (including phenoxy) is 1. The molecule has 1 aromatic rings. The number of carbonyl (C=O) groups is 3. The number of rotatable bonds is 6. The molecule has 1 fully saturated rings. The number of carboxylic acid groups (broad SMARTS) is 1. The highest BCUT2D eigenvalue weighted by Crippen LogP contribution is 2.35. The molecule has 1 saturated carbocycles. The van der Waals surface area contributed by atoms with Gasteiger partial charge in [-0.2, -0.15) is 0 Å². The molecule has 0 saturated heterocycles. The Morgan fingerprint density at radius 3 is 2.26 bits per heavy atom. The maximum Gasteiger partial charge on any atom is 0.307 e. The maximum absolute atomic E-state index is 12.0. The van der Waals surface area contributed by atoms with E-state index >= 15 is 0 Å². The van der Waals surface area contributed by atoms with Gasteiger partial charge in [0.1, 0.15) is 5.75 Å². The number of aliphatic carboxylic acids is 1. The van der Waals surface area contributed by atoms with E-state index in [1.54, 1.807) is 38.4 Å². The van der Waals surface area contributed by atoms with Crippen LogP contribution >= 0.6 is 0 Å². The topological polar surface area (TPSA) is 95.9 Å². The van der Waals surface area contributed by atoms with Crippen molar-refractivity contribution in [2.24, 2.45) is 11.8 Å². The second-order valence-corrected chi connectivity index (χ2v) is 5.72. The number of hydrogen-bond donors (Lipinski definition) is 2. The minimum atomic E-state index is -0.925. The number of nitrogens with one attached hydrogen (secondary N) is 1. The zero-order valence-corrected chi connectivity index (χ0v) is 13.1. The summed E-state index contributed by atoms with van der Waals surface area (Å²) >= 11 is 0. The lowest BCUT2D eigenvalue weighted by molar-refractivity contribution is -0.151. The number of hydrogen-bond acceptors (Lipinski definition) is 4. The van der Waals surface area contributed by atoms with Gasteiger partial charge in [-0.05, 0) is 37.1 Å². The predicted molar refractivity (Wildman–Crippen MR) is 83.1 cm³/mol. The number of carboxylic acids is 1. The Morgan fingerprint density at radius 1 is 1.17 bits per heavy atom. The van der Waals surface area contributed by atoms with Crippen molar-refractivity contribution in [2.45, 2.75) is 12.8 Å². The minimum absolute atomic E-state index is 0.0545. The molecule has 2 amide bonds. The Labute approximate surface area is 134 Å². The molecule has 0 spiro atoms. The molecule has 0 bridgehead atoms. The average molecular weight is 320 g/mol. The lowest BCUT2D eigenvalue weighted by Crippen LogP contribution is -2.41. The highest BCUT2D eigenvalue weighted by molar-refractivity contribution is 5.96. The molecular formula is C16H20N2O5. The fourth-order valence-electron chi connectivity index (χ4n) is 2.25. The number of nitrogens with zero attached hydrogens (tertiary/aromatic N) is 1. The molecule has 2 rings (SSSR count). The number of benzene rings is 1. The van der Waals surface area contributed by atoms with Gasteiger partial charge in [0.25, 0.3) is 5.91 Å². The summed E-state index contributed by atoms with van der Waals surface area (Å²) in [7, 11) is 3.30. The average Bonchev–Trinajstić information content (AvgIpc) is 2.44. The molecule has 1 aliphatic rings. The number of carbonyl (C=O) groups excluding carboxylic acids is 2. The molecule has 7 nitrogen and oxygen atoms in total. The summed E-state index contributed by atoms with van der Waals surface area (Å²) in [6.07, 6.45) is 1.14. The van der Waals surface area contributed by atoms with E-state index in [1.807, 2.05) is 0 Å². The monoisotopic (exact) mass is 320 g/mol. The lowest BCUT2D eigenvalue weighted by Gasteiger charge is -2.31. The van der Waals surface area contributed by atoms with Crippen LogP contribution in [-0.2, 0) is 14.4 Å². The molecule has 0 aliphatic heterocycles. The summed E-state index contributed by atoms with van der Waals surface area (Å²) in [4.78, 5) is 35.8. The van der Waals surface area contributed by atoms with Gasteiger partial charge >= 0.3 is 5.97 Å². The third-order valence-electron chi connectivity index (χ3n) is 3.91. The van der Waals surface area contributed by atoms with Crippen molar-refractivity contribution in [3.63, 3.8) is 0 Å². The molecule has 2 N–H and O–H groups in total. The summed E-state index contributed by atoms with van der Waals surface area (Å²) in [5.41, 5.74) is 0.567. The number of amides is 2. The molecule has 0 radical (unpaired) electrons. The first-order valence-corrected chi connectivity index (χ1v) is 7.35. The molecule has 2 unspecified atom stereocenters. The lowest BCUT2D eigenvalue weighted by atomic mass is 9.73. The van der Waals surface area contributed by atoms with Crippen LogP contribution in [0.25, 0.3) is 0 Å². The fraction of sp³-hybridized carbons (Fsp3) is 0.438. The minimum Gasteiger partial charge on any atom is -0.484 e. The highest BCUT2D eigenvalue weighted by atomic mass is 16.5. The summed E-state index contributed by atoms with van der Waals surface area (Å²) in [5, 5.41) is 11.7. The molecule has 2 atom stereocenters. The van der Waals surface area contributed by atoms with E-state index in [0.29, 0.717) is 24.3 Å². The van der Waals surface area contributed by atoms with Crippen LogP contribution < -0.4 is 10.1 Å². The first-order valence-electron chi connectivity index (χ1n) is 7.35. The molecule has 0 aromatic heterocycles. The van der Waals surface area contributed by atoms with Gasteiger partial charge in [0, 0.05) is 19.8 Å². The Morgan fingerprint density at radius 2 is 1.78 bits per heavy atom. The highest BCUT2D eigenvalue weighted by Gasteiger charge is 2.41. The molecule has 1 aliphatic carbocycles. The first kappa shape index (κ1) is 16.8. The van der Waals surface area contributed by atoms with Gasteiger partial charge in [-0.1, -0.05) is 0 Å². The summed E-state index contributed by atoms with van der Waals surface area (Å²) < 4.78 is 5.34. The van der Waals surface area contributed by atoms with E-state index in [0.717, 1.165) is 0 Å². The van der Waals surface area contributed by atoms with Crippen LogP contribution in [0.5, 0.6) is 5.75 Å². The van der Waals surface area contributed by atoms with Crippen molar-refractivity contribution in [1.29, 1.82) is 0 Å². The second kappa shape index (κ2) is 7.13. The molecule has 23 heavy (non-hydrogen) atoms. The largest absolute Gasteiger partial charge is 0.484 e. The van der Waals surface area contributed by atoms with Gasteiger partial charge in [-0.25, -0.2) is 0 Å². The van der Waals surface area contributed by atoms with Crippen LogP contribution in [0.2, 0.25) is 0 Å².